The van der Waals surface area contributed by atoms with Crippen molar-refractivity contribution in [2.75, 3.05) is 6.61 Å². The largest absolute Gasteiger partial charge is 0.458 e. The van der Waals surface area contributed by atoms with Crippen LogP contribution in [0.4, 0.5) is 0 Å². The summed E-state index contributed by atoms with van der Waals surface area (Å²) in [5, 5.41) is 0. The van der Waals surface area contributed by atoms with Crippen LogP contribution in [-0.4, -0.2) is 30.4 Å². The molecule has 0 amide bonds. The Balaban J connectivity index is 1.40. The number of Topliss-reactive ketones (excluding diaryl/α,β-unsaturated/α-hetero) is 1. The molecule has 0 spiro atoms. The molecule has 5 heteroatoms. The van der Waals surface area contributed by atoms with Gasteiger partial charge in [-0.3, -0.25) is 4.79 Å². The van der Waals surface area contributed by atoms with Gasteiger partial charge < -0.3 is 9.47 Å². The topological polar surface area (TPSA) is 69.7 Å². The molecule has 3 atom stereocenters. The minimum Gasteiger partial charge on any atom is -0.458 e. The van der Waals surface area contributed by atoms with Crippen LogP contribution in [0.15, 0.2) is 78.9 Å². The number of carbonyl (C=O) groups excluding carboxylic acids is 3. The normalized spacial score (nSPS) is 19.3. The number of hydrogen-bond donors (Lipinski definition) is 0. The third kappa shape index (κ3) is 6.53. The second-order valence-electron chi connectivity index (χ2n) is 10.3. The minimum absolute atomic E-state index is 0.102. The number of ether oxygens (including phenoxy) is 2. The molecule has 3 aromatic carbocycles. The quantitative estimate of drug-likeness (QED) is 0.247. The first kappa shape index (κ1) is 26.3. The van der Waals surface area contributed by atoms with Crippen LogP contribution in [0.2, 0.25) is 0 Å². The van der Waals surface area contributed by atoms with Gasteiger partial charge in [-0.1, -0.05) is 93.9 Å². The van der Waals surface area contributed by atoms with Crippen molar-refractivity contribution >= 4 is 17.7 Å². The smallest absolute Gasteiger partial charge is 0.339 e. The highest BCUT2D eigenvalue weighted by molar-refractivity contribution is 6.04. The van der Waals surface area contributed by atoms with Gasteiger partial charge in [0.15, 0.2) is 12.4 Å². The third-order valence-electron chi connectivity index (χ3n) is 7.23. The number of hydrogen-bond acceptors (Lipinski definition) is 5. The molecule has 0 unspecified atom stereocenters. The van der Waals surface area contributed by atoms with Gasteiger partial charge in [0.1, 0.15) is 6.10 Å². The maximum atomic E-state index is 13.1. The number of benzene rings is 3. The average molecular weight is 499 g/mol. The Kier molecular flexibility index (Phi) is 8.54. The van der Waals surface area contributed by atoms with Crippen LogP contribution in [0.5, 0.6) is 0 Å². The maximum absolute atomic E-state index is 13.1. The number of esters is 2. The van der Waals surface area contributed by atoms with Crippen molar-refractivity contribution in [1.29, 1.82) is 0 Å². The van der Waals surface area contributed by atoms with E-state index in [4.69, 9.17) is 9.47 Å². The molecule has 0 bridgehead atoms. The number of carbonyl (C=O) groups is 3. The molecule has 1 saturated carbocycles. The maximum Gasteiger partial charge on any atom is 0.339 e. The van der Waals surface area contributed by atoms with Crippen molar-refractivity contribution in [3.05, 3.63) is 95.6 Å². The minimum atomic E-state index is -0.723. The second kappa shape index (κ2) is 12.0. The van der Waals surface area contributed by atoms with E-state index in [2.05, 4.69) is 20.8 Å². The molecule has 0 aromatic heterocycles. The first-order valence-electron chi connectivity index (χ1n) is 13.0. The van der Waals surface area contributed by atoms with Gasteiger partial charge in [-0.15, -0.1) is 0 Å². The van der Waals surface area contributed by atoms with Crippen molar-refractivity contribution in [2.45, 2.75) is 46.1 Å². The van der Waals surface area contributed by atoms with Crippen LogP contribution in [0.3, 0.4) is 0 Å². The Morgan fingerprint density at radius 3 is 2.03 bits per heavy atom. The molecule has 4 rings (SSSR count). The average Bonchev–Trinajstić information content (AvgIpc) is 2.92. The van der Waals surface area contributed by atoms with E-state index in [9.17, 15) is 14.4 Å². The Morgan fingerprint density at radius 2 is 1.38 bits per heavy atom. The Bertz CT molecular complexity index is 1230. The molecule has 0 heterocycles. The molecule has 1 aliphatic carbocycles. The van der Waals surface area contributed by atoms with Gasteiger partial charge in [0.2, 0.25) is 0 Å². The molecule has 192 valence electrons. The highest BCUT2D eigenvalue weighted by Crippen LogP contribution is 2.36. The third-order valence-corrected chi connectivity index (χ3v) is 7.23. The number of ketones is 1. The summed E-state index contributed by atoms with van der Waals surface area (Å²) in [5.74, 6) is -0.382. The summed E-state index contributed by atoms with van der Waals surface area (Å²) in [6.07, 6.45) is 2.79. The highest BCUT2D eigenvalue weighted by atomic mass is 16.5. The SMILES string of the molecule is CC(C)[C@@H]1CC[C@@H](C)C[C@@H]1OC(=O)c1ccccc1C(=O)OCC(=O)c1ccc(-c2ccccc2)cc1. The molecule has 0 N–H and O–H groups in total. The van der Waals surface area contributed by atoms with Gasteiger partial charge in [-0.2, -0.15) is 0 Å². The number of rotatable bonds is 8. The van der Waals surface area contributed by atoms with E-state index < -0.39 is 18.5 Å². The molecule has 0 radical (unpaired) electrons. The highest BCUT2D eigenvalue weighted by Gasteiger charge is 2.34. The fourth-order valence-corrected chi connectivity index (χ4v) is 5.06. The van der Waals surface area contributed by atoms with Crippen molar-refractivity contribution in [3.63, 3.8) is 0 Å². The predicted molar refractivity (Wildman–Crippen MR) is 143 cm³/mol. The zero-order chi connectivity index (χ0) is 26.4. The van der Waals surface area contributed by atoms with Crippen molar-refractivity contribution in [1.82, 2.24) is 0 Å². The van der Waals surface area contributed by atoms with Gasteiger partial charge in [-0.05, 0) is 53.9 Å². The van der Waals surface area contributed by atoms with E-state index in [1.165, 1.54) is 6.07 Å². The fraction of sp³-hybridized carbons (Fsp3) is 0.344. The monoisotopic (exact) mass is 498 g/mol. The lowest BCUT2D eigenvalue weighted by atomic mass is 9.75. The summed E-state index contributed by atoms with van der Waals surface area (Å²) in [5.41, 5.74) is 2.76. The van der Waals surface area contributed by atoms with E-state index in [0.29, 0.717) is 23.3 Å². The molecule has 0 saturated heterocycles. The standard InChI is InChI=1S/C32H34O5/c1-21(2)26-18-13-22(3)19-30(26)37-32(35)28-12-8-7-11-27(28)31(34)36-20-29(33)25-16-14-24(15-17-25)23-9-5-4-6-10-23/h4-12,14-17,21-22,26,30H,13,18-20H2,1-3H3/t22-,26+,30+/m1/s1. The lowest BCUT2D eigenvalue weighted by molar-refractivity contribution is -0.0176. The molecule has 1 aliphatic rings. The molecule has 5 nitrogen and oxygen atoms in total. The van der Waals surface area contributed by atoms with Crippen LogP contribution < -0.4 is 0 Å². The van der Waals surface area contributed by atoms with Gasteiger partial charge in [0.05, 0.1) is 11.1 Å². The Labute approximate surface area is 218 Å². The Hall–Kier alpha value is -3.73. The summed E-state index contributed by atoms with van der Waals surface area (Å²) in [7, 11) is 0. The van der Waals surface area contributed by atoms with Crippen LogP contribution >= 0.6 is 0 Å². The van der Waals surface area contributed by atoms with E-state index in [-0.39, 0.29) is 23.0 Å². The zero-order valence-electron chi connectivity index (χ0n) is 21.7. The van der Waals surface area contributed by atoms with Crippen LogP contribution in [0.25, 0.3) is 11.1 Å². The van der Waals surface area contributed by atoms with E-state index in [1.54, 1.807) is 30.3 Å². The second-order valence-corrected chi connectivity index (χ2v) is 10.3. The van der Waals surface area contributed by atoms with E-state index in [1.807, 2.05) is 42.5 Å². The predicted octanol–water partition coefficient (Wildman–Crippen LogP) is 7.01. The van der Waals surface area contributed by atoms with Crippen LogP contribution in [-0.2, 0) is 9.47 Å². The Morgan fingerprint density at radius 1 is 0.784 bits per heavy atom. The summed E-state index contributed by atoms with van der Waals surface area (Å²) >= 11 is 0. The molecular weight excluding hydrogens is 464 g/mol. The first-order valence-corrected chi connectivity index (χ1v) is 13.0. The van der Waals surface area contributed by atoms with Gasteiger partial charge in [0.25, 0.3) is 0 Å². The van der Waals surface area contributed by atoms with Crippen molar-refractivity contribution in [2.24, 2.45) is 17.8 Å². The van der Waals surface area contributed by atoms with Crippen molar-refractivity contribution in [3.8, 4) is 11.1 Å². The molecule has 1 fully saturated rings. The van der Waals surface area contributed by atoms with E-state index >= 15 is 0 Å². The fourth-order valence-electron chi connectivity index (χ4n) is 5.06. The van der Waals surface area contributed by atoms with Crippen molar-refractivity contribution < 1.29 is 23.9 Å². The molecule has 3 aromatic rings. The van der Waals surface area contributed by atoms with Crippen LogP contribution in [0.1, 0.15) is 71.1 Å². The summed E-state index contributed by atoms with van der Waals surface area (Å²) in [6.45, 7) is 6.06. The zero-order valence-corrected chi connectivity index (χ0v) is 21.7. The van der Waals surface area contributed by atoms with Gasteiger partial charge in [0, 0.05) is 5.56 Å². The first-order chi connectivity index (χ1) is 17.8. The molecule has 37 heavy (non-hydrogen) atoms. The van der Waals surface area contributed by atoms with Gasteiger partial charge in [-0.25, -0.2) is 9.59 Å². The lowest BCUT2D eigenvalue weighted by Crippen LogP contribution is -2.36. The summed E-state index contributed by atoms with van der Waals surface area (Å²) in [4.78, 5) is 38.7. The summed E-state index contributed by atoms with van der Waals surface area (Å²) < 4.78 is 11.3. The molecular formula is C32H34O5. The lowest BCUT2D eigenvalue weighted by Gasteiger charge is -2.36. The van der Waals surface area contributed by atoms with E-state index in [0.717, 1.165) is 30.4 Å². The van der Waals surface area contributed by atoms with Gasteiger partial charge >= 0.3 is 11.9 Å². The van der Waals surface area contributed by atoms with Crippen LogP contribution in [0, 0.1) is 17.8 Å². The molecule has 0 aliphatic heterocycles. The summed E-state index contributed by atoms with van der Waals surface area (Å²) in [6, 6.07) is 23.5.